The van der Waals surface area contributed by atoms with Crippen molar-refractivity contribution < 1.29 is 13.2 Å². The lowest BCUT2D eigenvalue weighted by Gasteiger charge is -2.34. The van der Waals surface area contributed by atoms with E-state index in [1.165, 1.54) is 4.31 Å². The van der Waals surface area contributed by atoms with Crippen LogP contribution < -0.4 is 10.5 Å². The predicted octanol–water partition coefficient (Wildman–Crippen LogP) is -2.06. The topological polar surface area (TPSA) is 95.7 Å². The molecule has 2 heterocycles. The molecule has 0 bridgehead atoms. The summed E-state index contributed by atoms with van der Waals surface area (Å²) in [6.45, 7) is 3.08. The normalized spacial score (nSPS) is 27.4. The highest BCUT2D eigenvalue weighted by Gasteiger charge is 2.31. The minimum absolute atomic E-state index is 0.0519. The van der Waals surface area contributed by atoms with E-state index in [4.69, 9.17) is 5.14 Å². The maximum absolute atomic E-state index is 12.0. The molecular weight excluding hydrogens is 244 g/mol. The van der Waals surface area contributed by atoms with Gasteiger partial charge in [0.2, 0.25) is 5.91 Å². The monoisotopic (exact) mass is 262 g/mol. The van der Waals surface area contributed by atoms with Gasteiger partial charge in [-0.05, 0) is 13.0 Å². The number of amides is 1. The Bertz CT molecular complexity index is 383. The van der Waals surface area contributed by atoms with Crippen LogP contribution in [0.2, 0.25) is 0 Å². The second-order valence-corrected chi connectivity index (χ2v) is 6.01. The van der Waals surface area contributed by atoms with Gasteiger partial charge in [0.15, 0.2) is 0 Å². The largest absolute Gasteiger partial charge is 0.340 e. The Kier molecular flexibility index (Phi) is 3.67. The van der Waals surface area contributed by atoms with E-state index in [-0.39, 0.29) is 11.8 Å². The van der Waals surface area contributed by atoms with Gasteiger partial charge < -0.3 is 10.2 Å². The molecule has 0 spiro atoms. The van der Waals surface area contributed by atoms with E-state index in [2.05, 4.69) is 5.32 Å². The SMILES string of the molecule is NS(=O)(=O)N1CCN(C(=O)C2CCNC2)CC1. The standard InChI is InChI=1S/C9H18N4O3S/c10-17(15,16)13-5-3-12(4-6-13)9(14)8-1-2-11-7-8/h8,11H,1-7H2,(H2,10,15,16). The minimum atomic E-state index is -3.61. The molecule has 0 aromatic heterocycles. The highest BCUT2D eigenvalue weighted by molar-refractivity contribution is 7.86. The second kappa shape index (κ2) is 4.89. The number of hydrogen-bond donors (Lipinski definition) is 2. The first-order valence-electron chi connectivity index (χ1n) is 5.76. The van der Waals surface area contributed by atoms with Gasteiger partial charge in [0.05, 0.1) is 5.92 Å². The number of rotatable bonds is 2. The second-order valence-electron chi connectivity index (χ2n) is 4.46. The van der Waals surface area contributed by atoms with Crippen molar-refractivity contribution in [3.05, 3.63) is 0 Å². The zero-order valence-corrected chi connectivity index (χ0v) is 10.4. The molecule has 1 unspecified atom stereocenters. The van der Waals surface area contributed by atoms with Crippen molar-refractivity contribution in [2.75, 3.05) is 39.3 Å². The summed E-state index contributed by atoms with van der Waals surface area (Å²) >= 11 is 0. The molecule has 2 rings (SSSR count). The summed E-state index contributed by atoms with van der Waals surface area (Å²) in [5.41, 5.74) is 0. The third-order valence-electron chi connectivity index (χ3n) is 3.32. The van der Waals surface area contributed by atoms with Crippen LogP contribution in [0.1, 0.15) is 6.42 Å². The lowest BCUT2D eigenvalue weighted by molar-refractivity contribution is -0.136. The molecular formula is C9H18N4O3S. The first kappa shape index (κ1) is 12.7. The average molecular weight is 262 g/mol. The van der Waals surface area contributed by atoms with Gasteiger partial charge in [-0.25, -0.2) is 5.14 Å². The van der Waals surface area contributed by atoms with Crippen LogP contribution in [0.3, 0.4) is 0 Å². The van der Waals surface area contributed by atoms with Crippen molar-refractivity contribution in [1.29, 1.82) is 0 Å². The molecule has 2 fully saturated rings. The van der Waals surface area contributed by atoms with Crippen molar-refractivity contribution in [2.24, 2.45) is 11.1 Å². The Morgan fingerprint density at radius 2 is 1.88 bits per heavy atom. The van der Waals surface area contributed by atoms with Gasteiger partial charge in [-0.1, -0.05) is 0 Å². The fourth-order valence-electron chi connectivity index (χ4n) is 2.29. The van der Waals surface area contributed by atoms with Crippen LogP contribution >= 0.6 is 0 Å². The first-order chi connectivity index (χ1) is 7.98. The maximum atomic E-state index is 12.0. The Hall–Kier alpha value is -0.700. The zero-order valence-electron chi connectivity index (χ0n) is 9.63. The van der Waals surface area contributed by atoms with Gasteiger partial charge in [-0.2, -0.15) is 12.7 Å². The molecule has 2 saturated heterocycles. The molecule has 1 amide bonds. The Labute approximate surface area is 101 Å². The van der Waals surface area contributed by atoms with E-state index >= 15 is 0 Å². The fourth-order valence-corrected chi connectivity index (χ4v) is 2.96. The van der Waals surface area contributed by atoms with Crippen LogP contribution in [-0.2, 0) is 15.0 Å². The minimum Gasteiger partial charge on any atom is -0.340 e. The summed E-state index contributed by atoms with van der Waals surface area (Å²) in [5, 5.41) is 8.19. The van der Waals surface area contributed by atoms with Crippen molar-refractivity contribution in [1.82, 2.24) is 14.5 Å². The number of nitrogens with one attached hydrogen (secondary N) is 1. The molecule has 17 heavy (non-hydrogen) atoms. The molecule has 0 aliphatic carbocycles. The third kappa shape index (κ3) is 2.95. The molecule has 7 nitrogen and oxygen atoms in total. The zero-order chi connectivity index (χ0) is 12.5. The molecule has 2 aliphatic rings. The van der Waals surface area contributed by atoms with Crippen LogP contribution in [0.5, 0.6) is 0 Å². The smallest absolute Gasteiger partial charge is 0.277 e. The van der Waals surface area contributed by atoms with Crippen molar-refractivity contribution in [3.8, 4) is 0 Å². The van der Waals surface area contributed by atoms with E-state index in [0.717, 1.165) is 19.5 Å². The van der Waals surface area contributed by atoms with E-state index in [0.29, 0.717) is 26.2 Å². The lowest BCUT2D eigenvalue weighted by atomic mass is 10.1. The van der Waals surface area contributed by atoms with E-state index in [1.54, 1.807) is 4.90 Å². The Balaban J connectivity index is 1.88. The molecule has 3 N–H and O–H groups in total. The Morgan fingerprint density at radius 3 is 2.35 bits per heavy atom. The molecule has 8 heteroatoms. The third-order valence-corrected chi connectivity index (χ3v) is 4.40. The van der Waals surface area contributed by atoms with E-state index < -0.39 is 10.2 Å². The molecule has 0 aromatic carbocycles. The number of carbonyl (C=O) groups excluding carboxylic acids is 1. The molecule has 0 saturated carbocycles. The first-order valence-corrected chi connectivity index (χ1v) is 7.26. The van der Waals surface area contributed by atoms with Crippen LogP contribution in [0.4, 0.5) is 0 Å². The van der Waals surface area contributed by atoms with Crippen LogP contribution in [0, 0.1) is 5.92 Å². The van der Waals surface area contributed by atoms with Crippen molar-refractivity contribution in [3.63, 3.8) is 0 Å². The number of nitrogens with zero attached hydrogens (tertiary/aromatic N) is 2. The van der Waals surface area contributed by atoms with Gasteiger partial charge in [-0.3, -0.25) is 4.79 Å². The highest BCUT2D eigenvalue weighted by atomic mass is 32.2. The molecule has 98 valence electrons. The summed E-state index contributed by atoms with van der Waals surface area (Å²) in [6, 6.07) is 0. The quantitative estimate of drug-likeness (QED) is 0.598. The Morgan fingerprint density at radius 1 is 1.24 bits per heavy atom. The van der Waals surface area contributed by atoms with Gasteiger partial charge in [0.1, 0.15) is 0 Å². The molecule has 0 radical (unpaired) electrons. The van der Waals surface area contributed by atoms with Crippen LogP contribution in [0.25, 0.3) is 0 Å². The van der Waals surface area contributed by atoms with Crippen molar-refractivity contribution in [2.45, 2.75) is 6.42 Å². The summed E-state index contributed by atoms with van der Waals surface area (Å²) < 4.78 is 23.4. The summed E-state index contributed by atoms with van der Waals surface area (Å²) in [7, 11) is -3.61. The van der Waals surface area contributed by atoms with Gasteiger partial charge in [0.25, 0.3) is 10.2 Å². The number of nitrogens with two attached hydrogens (primary N) is 1. The molecule has 0 aromatic rings. The number of carbonyl (C=O) groups is 1. The summed E-state index contributed by atoms with van der Waals surface area (Å²) in [4.78, 5) is 13.8. The van der Waals surface area contributed by atoms with Crippen molar-refractivity contribution >= 4 is 16.1 Å². The number of piperazine rings is 1. The van der Waals surface area contributed by atoms with Gasteiger partial charge in [0, 0.05) is 32.7 Å². The maximum Gasteiger partial charge on any atom is 0.277 e. The fraction of sp³-hybridized carbons (Fsp3) is 0.889. The summed E-state index contributed by atoms with van der Waals surface area (Å²) in [5.74, 6) is 0.181. The van der Waals surface area contributed by atoms with E-state index in [9.17, 15) is 13.2 Å². The molecule has 2 aliphatic heterocycles. The van der Waals surface area contributed by atoms with Crippen LogP contribution in [0.15, 0.2) is 0 Å². The number of hydrogen-bond acceptors (Lipinski definition) is 4. The van der Waals surface area contributed by atoms with Gasteiger partial charge >= 0.3 is 0 Å². The van der Waals surface area contributed by atoms with E-state index in [1.807, 2.05) is 0 Å². The molecule has 1 atom stereocenters. The average Bonchev–Trinajstić information content (AvgIpc) is 2.80. The lowest BCUT2D eigenvalue weighted by Crippen LogP contribution is -2.53. The summed E-state index contributed by atoms with van der Waals surface area (Å²) in [6.07, 6.45) is 0.869. The highest BCUT2D eigenvalue weighted by Crippen LogP contribution is 2.14. The van der Waals surface area contributed by atoms with Crippen LogP contribution in [-0.4, -0.2) is 62.8 Å². The predicted molar refractivity (Wildman–Crippen MR) is 62.2 cm³/mol. The van der Waals surface area contributed by atoms with Gasteiger partial charge in [-0.15, -0.1) is 0 Å².